The van der Waals surface area contributed by atoms with E-state index in [1.807, 2.05) is 18.5 Å². The van der Waals surface area contributed by atoms with Crippen LogP contribution in [0.3, 0.4) is 0 Å². The smallest absolute Gasteiger partial charge is 0.0425 e. The van der Waals surface area contributed by atoms with Gasteiger partial charge in [0.1, 0.15) is 0 Å². The summed E-state index contributed by atoms with van der Waals surface area (Å²) in [7, 11) is 0. The standard InChI is InChI=1S/C14H22N2/c1-11(2)12-5-7-14(15,8-6-12)13-4-3-9-16-10-13/h3-4,9-12H,5-8,15H2,1-2H3. The second-order valence-electron chi connectivity index (χ2n) is 5.48. The number of hydrogen-bond acceptors (Lipinski definition) is 2. The molecule has 0 radical (unpaired) electrons. The van der Waals surface area contributed by atoms with Crippen LogP contribution < -0.4 is 5.73 Å². The van der Waals surface area contributed by atoms with E-state index in [1.165, 1.54) is 18.4 Å². The fraction of sp³-hybridized carbons (Fsp3) is 0.643. The predicted molar refractivity (Wildman–Crippen MR) is 66.9 cm³/mol. The third-order valence-electron chi connectivity index (χ3n) is 4.10. The van der Waals surface area contributed by atoms with Gasteiger partial charge < -0.3 is 5.73 Å². The zero-order valence-electron chi connectivity index (χ0n) is 10.3. The van der Waals surface area contributed by atoms with E-state index in [2.05, 4.69) is 24.9 Å². The second-order valence-corrected chi connectivity index (χ2v) is 5.48. The normalized spacial score (nSPS) is 30.6. The van der Waals surface area contributed by atoms with Crippen molar-refractivity contribution in [3.63, 3.8) is 0 Å². The van der Waals surface area contributed by atoms with Crippen LogP contribution in [0.2, 0.25) is 0 Å². The maximum atomic E-state index is 6.50. The molecule has 0 amide bonds. The Balaban J connectivity index is 2.07. The highest BCUT2D eigenvalue weighted by Crippen LogP contribution is 2.39. The Morgan fingerprint density at radius 1 is 1.38 bits per heavy atom. The minimum atomic E-state index is -0.125. The van der Waals surface area contributed by atoms with Crippen molar-refractivity contribution in [3.05, 3.63) is 30.1 Å². The van der Waals surface area contributed by atoms with E-state index < -0.39 is 0 Å². The van der Waals surface area contributed by atoms with Gasteiger partial charge in [-0.15, -0.1) is 0 Å². The van der Waals surface area contributed by atoms with Gasteiger partial charge in [0.25, 0.3) is 0 Å². The van der Waals surface area contributed by atoms with Gasteiger partial charge in [-0.3, -0.25) is 4.98 Å². The van der Waals surface area contributed by atoms with Crippen LogP contribution in [0, 0.1) is 11.8 Å². The van der Waals surface area contributed by atoms with E-state index in [9.17, 15) is 0 Å². The monoisotopic (exact) mass is 218 g/mol. The minimum Gasteiger partial charge on any atom is -0.321 e. The average Bonchev–Trinajstić information content (AvgIpc) is 2.31. The molecule has 2 nitrogen and oxygen atoms in total. The molecule has 0 unspecified atom stereocenters. The van der Waals surface area contributed by atoms with Gasteiger partial charge in [0.05, 0.1) is 0 Å². The summed E-state index contributed by atoms with van der Waals surface area (Å²) in [6, 6.07) is 4.10. The highest BCUT2D eigenvalue weighted by Gasteiger charge is 2.34. The molecular formula is C14H22N2. The van der Waals surface area contributed by atoms with Crippen molar-refractivity contribution in [1.82, 2.24) is 4.98 Å². The highest BCUT2D eigenvalue weighted by atomic mass is 14.8. The summed E-state index contributed by atoms with van der Waals surface area (Å²) in [5.41, 5.74) is 7.58. The molecule has 0 bridgehead atoms. The first kappa shape index (κ1) is 11.6. The lowest BCUT2D eigenvalue weighted by Crippen LogP contribution is -2.41. The Bertz CT molecular complexity index is 324. The third-order valence-corrected chi connectivity index (χ3v) is 4.10. The summed E-state index contributed by atoms with van der Waals surface area (Å²) in [5.74, 6) is 1.65. The van der Waals surface area contributed by atoms with Crippen molar-refractivity contribution in [2.24, 2.45) is 17.6 Å². The van der Waals surface area contributed by atoms with Gasteiger partial charge in [0.2, 0.25) is 0 Å². The zero-order chi connectivity index (χ0) is 11.6. The quantitative estimate of drug-likeness (QED) is 0.828. The minimum absolute atomic E-state index is 0.125. The molecule has 1 aliphatic rings. The van der Waals surface area contributed by atoms with Crippen LogP contribution in [0.1, 0.15) is 45.1 Å². The molecule has 1 saturated carbocycles. The molecule has 88 valence electrons. The number of aromatic nitrogens is 1. The number of pyridine rings is 1. The molecule has 2 rings (SSSR count). The molecule has 1 aliphatic carbocycles. The molecule has 1 fully saturated rings. The summed E-state index contributed by atoms with van der Waals surface area (Å²) < 4.78 is 0. The topological polar surface area (TPSA) is 38.9 Å². The van der Waals surface area contributed by atoms with E-state index in [-0.39, 0.29) is 5.54 Å². The van der Waals surface area contributed by atoms with Gasteiger partial charge in [-0.05, 0) is 49.1 Å². The molecule has 1 aromatic heterocycles. The number of nitrogens with two attached hydrogens (primary N) is 1. The van der Waals surface area contributed by atoms with Crippen LogP contribution in [0.15, 0.2) is 24.5 Å². The molecule has 2 heteroatoms. The van der Waals surface area contributed by atoms with Crippen molar-refractivity contribution in [2.45, 2.75) is 45.1 Å². The van der Waals surface area contributed by atoms with Crippen molar-refractivity contribution >= 4 is 0 Å². The van der Waals surface area contributed by atoms with Crippen LogP contribution in [0.5, 0.6) is 0 Å². The van der Waals surface area contributed by atoms with E-state index in [0.717, 1.165) is 24.7 Å². The molecule has 0 aromatic carbocycles. The zero-order valence-corrected chi connectivity index (χ0v) is 10.3. The fourth-order valence-electron chi connectivity index (χ4n) is 2.77. The summed E-state index contributed by atoms with van der Waals surface area (Å²) in [4.78, 5) is 4.18. The summed E-state index contributed by atoms with van der Waals surface area (Å²) >= 11 is 0. The van der Waals surface area contributed by atoms with E-state index >= 15 is 0 Å². The molecule has 1 heterocycles. The SMILES string of the molecule is CC(C)C1CCC(N)(c2cccnc2)CC1. The summed E-state index contributed by atoms with van der Waals surface area (Å²) in [5, 5.41) is 0. The molecule has 16 heavy (non-hydrogen) atoms. The van der Waals surface area contributed by atoms with Gasteiger partial charge in [0.15, 0.2) is 0 Å². The van der Waals surface area contributed by atoms with Crippen LogP contribution >= 0.6 is 0 Å². The highest BCUT2D eigenvalue weighted by molar-refractivity contribution is 5.20. The van der Waals surface area contributed by atoms with Crippen LogP contribution in [-0.4, -0.2) is 4.98 Å². The Morgan fingerprint density at radius 3 is 2.56 bits per heavy atom. The van der Waals surface area contributed by atoms with Crippen molar-refractivity contribution in [2.75, 3.05) is 0 Å². The predicted octanol–water partition coefficient (Wildman–Crippen LogP) is 3.08. The summed E-state index contributed by atoms with van der Waals surface area (Å²) in [6.07, 6.45) is 8.44. The maximum Gasteiger partial charge on any atom is 0.0425 e. The third kappa shape index (κ3) is 2.27. The molecule has 1 aromatic rings. The van der Waals surface area contributed by atoms with Gasteiger partial charge in [-0.1, -0.05) is 19.9 Å². The average molecular weight is 218 g/mol. The van der Waals surface area contributed by atoms with Gasteiger partial charge >= 0.3 is 0 Å². The van der Waals surface area contributed by atoms with Crippen molar-refractivity contribution in [1.29, 1.82) is 0 Å². The molecule has 2 N–H and O–H groups in total. The fourth-order valence-corrected chi connectivity index (χ4v) is 2.77. The van der Waals surface area contributed by atoms with E-state index in [1.54, 1.807) is 0 Å². The lowest BCUT2D eigenvalue weighted by atomic mass is 9.71. The van der Waals surface area contributed by atoms with Crippen LogP contribution in [0.4, 0.5) is 0 Å². The van der Waals surface area contributed by atoms with Crippen LogP contribution in [0.25, 0.3) is 0 Å². The molecule has 0 spiro atoms. The van der Waals surface area contributed by atoms with E-state index in [0.29, 0.717) is 0 Å². The Hall–Kier alpha value is -0.890. The Kier molecular flexibility index (Phi) is 3.29. The van der Waals surface area contributed by atoms with Crippen molar-refractivity contribution in [3.8, 4) is 0 Å². The molecular weight excluding hydrogens is 196 g/mol. The number of nitrogens with zero attached hydrogens (tertiary/aromatic N) is 1. The van der Waals surface area contributed by atoms with Gasteiger partial charge in [-0.2, -0.15) is 0 Å². The Labute approximate surface area is 98.3 Å². The lowest BCUT2D eigenvalue weighted by Gasteiger charge is -2.38. The number of rotatable bonds is 2. The first-order valence-corrected chi connectivity index (χ1v) is 6.31. The first-order valence-electron chi connectivity index (χ1n) is 6.31. The van der Waals surface area contributed by atoms with Gasteiger partial charge in [0, 0.05) is 17.9 Å². The first-order chi connectivity index (χ1) is 7.62. The molecule has 0 aliphatic heterocycles. The lowest BCUT2D eigenvalue weighted by molar-refractivity contribution is 0.196. The van der Waals surface area contributed by atoms with Crippen molar-refractivity contribution < 1.29 is 0 Å². The van der Waals surface area contributed by atoms with Gasteiger partial charge in [-0.25, -0.2) is 0 Å². The summed E-state index contributed by atoms with van der Waals surface area (Å²) in [6.45, 7) is 4.64. The largest absolute Gasteiger partial charge is 0.321 e. The van der Waals surface area contributed by atoms with E-state index in [4.69, 9.17) is 5.73 Å². The van der Waals surface area contributed by atoms with Crippen LogP contribution in [-0.2, 0) is 5.54 Å². The second kappa shape index (κ2) is 4.54. The number of hydrogen-bond donors (Lipinski definition) is 1. The Morgan fingerprint density at radius 2 is 2.06 bits per heavy atom. The molecule has 0 atom stereocenters. The molecule has 0 saturated heterocycles. The maximum absolute atomic E-state index is 6.50.